The second-order valence-electron chi connectivity index (χ2n) is 4.19. The predicted molar refractivity (Wildman–Crippen MR) is 75.2 cm³/mol. The van der Waals surface area contributed by atoms with E-state index in [9.17, 15) is 14.9 Å². The summed E-state index contributed by atoms with van der Waals surface area (Å²) in [7, 11) is 0. The van der Waals surface area contributed by atoms with Gasteiger partial charge in [0.1, 0.15) is 5.75 Å². The van der Waals surface area contributed by atoms with E-state index in [1.807, 2.05) is 30.3 Å². The van der Waals surface area contributed by atoms with Crippen molar-refractivity contribution in [3.8, 4) is 5.75 Å². The maximum absolute atomic E-state index is 11.4. The summed E-state index contributed by atoms with van der Waals surface area (Å²) in [5.41, 5.74) is 0.987. The number of ether oxygens (including phenoxy) is 2. The van der Waals surface area contributed by atoms with Gasteiger partial charge in [-0.05, 0) is 17.7 Å². The molecule has 0 N–H and O–H groups in total. The molecule has 2 rings (SSSR count). The van der Waals surface area contributed by atoms with E-state index in [0.29, 0.717) is 6.42 Å². The number of nitro benzene ring substituents is 1. The quantitative estimate of drug-likeness (QED) is 0.364. The topological polar surface area (TPSA) is 78.7 Å². The first-order chi connectivity index (χ1) is 10.1. The summed E-state index contributed by atoms with van der Waals surface area (Å²) in [5, 5.41) is 10.5. The highest BCUT2D eigenvalue weighted by molar-refractivity contribution is 5.64. The van der Waals surface area contributed by atoms with E-state index in [1.165, 1.54) is 24.3 Å². The molecule has 2 aromatic carbocycles. The molecule has 0 saturated carbocycles. The molecule has 108 valence electrons. The van der Waals surface area contributed by atoms with Crippen molar-refractivity contribution in [2.24, 2.45) is 0 Å². The molecule has 0 saturated heterocycles. The number of rotatable bonds is 5. The summed E-state index contributed by atoms with van der Waals surface area (Å²) >= 11 is 0. The van der Waals surface area contributed by atoms with Gasteiger partial charge in [-0.2, -0.15) is 0 Å². The molecule has 0 radical (unpaired) electrons. The monoisotopic (exact) mass is 287 g/mol. The molecule has 0 aliphatic heterocycles. The maximum Gasteiger partial charge on any atom is 0.513 e. The first-order valence-electron chi connectivity index (χ1n) is 6.28. The number of non-ortho nitro benzene ring substituents is 1. The number of carbonyl (C=O) groups excluding carboxylic acids is 1. The van der Waals surface area contributed by atoms with Crippen LogP contribution in [0.15, 0.2) is 54.6 Å². The molecule has 0 aromatic heterocycles. The fraction of sp³-hybridized carbons (Fsp3) is 0.133. The van der Waals surface area contributed by atoms with E-state index in [-0.39, 0.29) is 18.0 Å². The van der Waals surface area contributed by atoms with Gasteiger partial charge < -0.3 is 9.47 Å². The Morgan fingerprint density at radius 2 is 1.71 bits per heavy atom. The summed E-state index contributed by atoms with van der Waals surface area (Å²) in [6.07, 6.45) is -0.240. The van der Waals surface area contributed by atoms with Crippen LogP contribution in [0.1, 0.15) is 5.56 Å². The van der Waals surface area contributed by atoms with Gasteiger partial charge in [-0.25, -0.2) is 4.79 Å². The number of carbonyl (C=O) groups is 1. The molecule has 6 heteroatoms. The van der Waals surface area contributed by atoms with Gasteiger partial charge in [0.25, 0.3) is 5.69 Å². The van der Waals surface area contributed by atoms with Crippen molar-refractivity contribution in [1.29, 1.82) is 0 Å². The Kier molecular flexibility index (Phi) is 4.87. The molecule has 0 fully saturated rings. The lowest BCUT2D eigenvalue weighted by atomic mass is 10.2. The van der Waals surface area contributed by atoms with Crippen molar-refractivity contribution < 1.29 is 19.2 Å². The normalized spacial score (nSPS) is 9.90. The Morgan fingerprint density at radius 3 is 2.33 bits per heavy atom. The van der Waals surface area contributed by atoms with Crippen LogP contribution >= 0.6 is 0 Å². The van der Waals surface area contributed by atoms with Gasteiger partial charge in [0.2, 0.25) is 0 Å². The summed E-state index contributed by atoms with van der Waals surface area (Å²) in [6.45, 7) is 0.204. The Balaban J connectivity index is 1.78. The maximum atomic E-state index is 11.4. The number of benzene rings is 2. The third kappa shape index (κ3) is 4.61. The number of nitro groups is 1. The molecule has 21 heavy (non-hydrogen) atoms. The molecule has 0 aliphatic rings. The second kappa shape index (κ2) is 7.04. The largest absolute Gasteiger partial charge is 0.513 e. The smallest absolute Gasteiger partial charge is 0.434 e. The van der Waals surface area contributed by atoms with Gasteiger partial charge >= 0.3 is 6.16 Å². The van der Waals surface area contributed by atoms with Gasteiger partial charge in [-0.15, -0.1) is 0 Å². The first-order valence-corrected chi connectivity index (χ1v) is 6.28. The summed E-state index contributed by atoms with van der Waals surface area (Å²) in [4.78, 5) is 21.4. The van der Waals surface area contributed by atoms with E-state index in [4.69, 9.17) is 9.47 Å². The lowest BCUT2D eigenvalue weighted by Gasteiger charge is -2.05. The first kappa shape index (κ1) is 14.5. The van der Waals surface area contributed by atoms with Gasteiger partial charge in [-0.3, -0.25) is 10.1 Å². The van der Waals surface area contributed by atoms with Crippen LogP contribution in [0.2, 0.25) is 0 Å². The van der Waals surface area contributed by atoms with Crippen LogP contribution in [-0.2, 0) is 11.2 Å². The highest BCUT2D eigenvalue weighted by Crippen LogP contribution is 2.17. The van der Waals surface area contributed by atoms with Gasteiger partial charge in [0.05, 0.1) is 11.5 Å². The molecule has 2 aromatic rings. The van der Waals surface area contributed by atoms with Crippen LogP contribution in [-0.4, -0.2) is 17.7 Å². The zero-order valence-electron chi connectivity index (χ0n) is 11.1. The molecule has 6 nitrogen and oxygen atoms in total. The molecule has 0 atom stereocenters. The van der Waals surface area contributed by atoms with E-state index >= 15 is 0 Å². The SMILES string of the molecule is O=C(OCCc1ccccc1)Oc1ccc([N+](=O)[O-])cc1. The lowest BCUT2D eigenvalue weighted by Crippen LogP contribution is -2.12. The van der Waals surface area contributed by atoms with E-state index < -0.39 is 11.1 Å². The second-order valence-corrected chi connectivity index (χ2v) is 4.19. The zero-order chi connectivity index (χ0) is 15.1. The third-order valence-electron chi connectivity index (χ3n) is 2.70. The van der Waals surface area contributed by atoms with Gasteiger partial charge in [0.15, 0.2) is 0 Å². The minimum atomic E-state index is -0.834. The Hall–Kier alpha value is -2.89. The predicted octanol–water partition coefficient (Wildman–Crippen LogP) is 3.35. The van der Waals surface area contributed by atoms with Crippen molar-refractivity contribution in [3.05, 3.63) is 70.3 Å². The van der Waals surface area contributed by atoms with Crippen molar-refractivity contribution >= 4 is 11.8 Å². The minimum absolute atomic E-state index is 0.0696. The average molecular weight is 287 g/mol. The van der Waals surface area contributed by atoms with Crippen LogP contribution in [0, 0.1) is 10.1 Å². The molecule has 0 aliphatic carbocycles. The van der Waals surface area contributed by atoms with Gasteiger partial charge in [0, 0.05) is 18.6 Å². The van der Waals surface area contributed by atoms with Crippen molar-refractivity contribution in [3.63, 3.8) is 0 Å². The Morgan fingerprint density at radius 1 is 1.05 bits per heavy atom. The highest BCUT2D eigenvalue weighted by Gasteiger charge is 2.09. The molecular weight excluding hydrogens is 274 g/mol. The summed E-state index contributed by atoms with van der Waals surface area (Å²) in [5.74, 6) is 0.199. The summed E-state index contributed by atoms with van der Waals surface area (Å²) < 4.78 is 9.84. The molecule has 0 heterocycles. The van der Waals surface area contributed by atoms with Crippen LogP contribution in [0.5, 0.6) is 5.75 Å². The Bertz CT molecular complexity index is 610. The molecule has 0 bridgehead atoms. The number of nitrogens with zero attached hydrogens (tertiary/aromatic N) is 1. The molecule has 0 amide bonds. The average Bonchev–Trinajstić information content (AvgIpc) is 2.49. The fourth-order valence-electron chi connectivity index (χ4n) is 1.66. The Labute approximate surface area is 121 Å². The van der Waals surface area contributed by atoms with Crippen molar-refractivity contribution in [2.75, 3.05) is 6.61 Å². The van der Waals surface area contributed by atoms with Crippen LogP contribution in [0.4, 0.5) is 10.5 Å². The van der Waals surface area contributed by atoms with Crippen LogP contribution < -0.4 is 4.74 Å². The van der Waals surface area contributed by atoms with Crippen molar-refractivity contribution in [1.82, 2.24) is 0 Å². The van der Waals surface area contributed by atoms with E-state index in [1.54, 1.807) is 0 Å². The standard InChI is InChI=1S/C15H13NO5/c17-15(20-11-10-12-4-2-1-3-5-12)21-14-8-6-13(7-9-14)16(18)19/h1-9H,10-11H2. The van der Waals surface area contributed by atoms with Crippen LogP contribution in [0.3, 0.4) is 0 Å². The number of hydrogen-bond donors (Lipinski definition) is 0. The van der Waals surface area contributed by atoms with Crippen molar-refractivity contribution in [2.45, 2.75) is 6.42 Å². The van der Waals surface area contributed by atoms with E-state index in [0.717, 1.165) is 5.56 Å². The highest BCUT2D eigenvalue weighted by atomic mass is 16.7. The van der Waals surface area contributed by atoms with Crippen LogP contribution in [0.25, 0.3) is 0 Å². The molecular formula is C15H13NO5. The fourth-order valence-corrected chi connectivity index (χ4v) is 1.66. The molecule has 0 spiro atoms. The zero-order valence-corrected chi connectivity index (χ0v) is 11.1. The minimum Gasteiger partial charge on any atom is -0.434 e. The van der Waals surface area contributed by atoms with E-state index in [2.05, 4.69) is 0 Å². The third-order valence-corrected chi connectivity index (χ3v) is 2.70. The lowest BCUT2D eigenvalue weighted by molar-refractivity contribution is -0.384. The summed E-state index contributed by atoms with van der Waals surface area (Å²) in [6, 6.07) is 14.8. The van der Waals surface area contributed by atoms with Gasteiger partial charge in [-0.1, -0.05) is 30.3 Å². The molecule has 0 unspecified atom stereocenters. The number of hydrogen-bond acceptors (Lipinski definition) is 5.